The number of benzene rings is 1. The molecule has 1 aromatic rings. The van der Waals surface area contributed by atoms with E-state index in [1.807, 2.05) is 26.8 Å². The molecule has 1 nitrogen and oxygen atoms in total. The standard InChI is InChI=1S/C13H18F3N/c1-12(2,3)10-6-4-5-9(7-10)8-11(17)13(14,15)16/h4-7,11H,8,17H2,1-3H3. The lowest BCUT2D eigenvalue weighted by molar-refractivity contribution is -0.147. The molecule has 0 heterocycles. The Morgan fingerprint density at radius 3 is 2.24 bits per heavy atom. The molecule has 2 N–H and O–H groups in total. The molecule has 96 valence electrons. The summed E-state index contributed by atoms with van der Waals surface area (Å²) in [4.78, 5) is 0. The van der Waals surface area contributed by atoms with E-state index in [0.29, 0.717) is 5.56 Å². The molecule has 0 spiro atoms. The molecule has 0 radical (unpaired) electrons. The van der Waals surface area contributed by atoms with Crippen LogP contribution < -0.4 is 5.73 Å². The van der Waals surface area contributed by atoms with Gasteiger partial charge in [-0.15, -0.1) is 0 Å². The second-order valence-electron chi connectivity index (χ2n) is 5.30. The van der Waals surface area contributed by atoms with Gasteiger partial charge in [0, 0.05) is 0 Å². The van der Waals surface area contributed by atoms with Crippen molar-refractivity contribution in [2.75, 3.05) is 0 Å². The van der Waals surface area contributed by atoms with E-state index < -0.39 is 12.2 Å². The Morgan fingerprint density at radius 1 is 1.18 bits per heavy atom. The highest BCUT2D eigenvalue weighted by Crippen LogP contribution is 2.25. The van der Waals surface area contributed by atoms with Crippen LogP contribution in [0.25, 0.3) is 0 Å². The molecule has 1 unspecified atom stereocenters. The number of halogens is 3. The predicted octanol–water partition coefficient (Wildman–Crippen LogP) is 3.42. The third kappa shape index (κ3) is 4.04. The van der Waals surface area contributed by atoms with E-state index in [1.54, 1.807) is 18.2 Å². The van der Waals surface area contributed by atoms with Crippen LogP contribution in [0.1, 0.15) is 31.9 Å². The highest BCUT2D eigenvalue weighted by atomic mass is 19.4. The number of hydrogen-bond donors (Lipinski definition) is 1. The summed E-state index contributed by atoms with van der Waals surface area (Å²) in [6.07, 6.45) is -4.51. The van der Waals surface area contributed by atoms with Crippen LogP contribution in [0.15, 0.2) is 24.3 Å². The molecule has 4 heteroatoms. The van der Waals surface area contributed by atoms with Gasteiger partial charge in [0.05, 0.1) is 0 Å². The van der Waals surface area contributed by atoms with Crippen LogP contribution in [-0.2, 0) is 11.8 Å². The molecule has 0 saturated heterocycles. The molecule has 0 bridgehead atoms. The molecule has 0 aliphatic carbocycles. The van der Waals surface area contributed by atoms with Crippen LogP contribution in [0, 0.1) is 0 Å². The average Bonchev–Trinajstić information content (AvgIpc) is 2.15. The van der Waals surface area contributed by atoms with Crippen LogP contribution in [0.2, 0.25) is 0 Å². The lowest BCUT2D eigenvalue weighted by atomic mass is 9.85. The SMILES string of the molecule is CC(C)(C)c1cccc(CC(N)C(F)(F)F)c1. The Bertz CT molecular complexity index is 377. The largest absolute Gasteiger partial charge is 0.403 e. The van der Waals surface area contributed by atoms with Gasteiger partial charge in [-0.2, -0.15) is 13.2 Å². The van der Waals surface area contributed by atoms with Crippen molar-refractivity contribution < 1.29 is 13.2 Å². The van der Waals surface area contributed by atoms with Crippen molar-refractivity contribution in [2.24, 2.45) is 5.73 Å². The van der Waals surface area contributed by atoms with Gasteiger partial charge in [0.15, 0.2) is 0 Å². The lowest BCUT2D eigenvalue weighted by Gasteiger charge is -2.21. The molecule has 1 aromatic carbocycles. The molecule has 0 amide bonds. The Labute approximate surface area is 99.8 Å². The van der Waals surface area contributed by atoms with Gasteiger partial charge >= 0.3 is 6.18 Å². The summed E-state index contributed by atoms with van der Waals surface area (Å²) in [5.41, 5.74) is 6.69. The van der Waals surface area contributed by atoms with Gasteiger partial charge in [0.1, 0.15) is 6.04 Å². The van der Waals surface area contributed by atoms with Crippen LogP contribution in [0.3, 0.4) is 0 Å². The number of rotatable bonds is 2. The zero-order valence-electron chi connectivity index (χ0n) is 10.3. The summed E-state index contributed by atoms with van der Waals surface area (Å²) < 4.78 is 37.0. The minimum absolute atomic E-state index is 0.0711. The van der Waals surface area contributed by atoms with Gasteiger partial charge in [-0.3, -0.25) is 0 Å². The van der Waals surface area contributed by atoms with Crippen molar-refractivity contribution in [1.29, 1.82) is 0 Å². The van der Waals surface area contributed by atoms with E-state index >= 15 is 0 Å². The van der Waals surface area contributed by atoms with Crippen molar-refractivity contribution in [1.82, 2.24) is 0 Å². The highest BCUT2D eigenvalue weighted by molar-refractivity contribution is 5.29. The first-order chi connectivity index (χ1) is 7.60. The third-order valence-corrected chi connectivity index (χ3v) is 2.67. The smallest absolute Gasteiger partial charge is 0.320 e. The monoisotopic (exact) mass is 245 g/mol. The van der Waals surface area contributed by atoms with Crippen molar-refractivity contribution >= 4 is 0 Å². The Balaban J connectivity index is 2.87. The second kappa shape index (κ2) is 4.69. The molecule has 0 saturated carbocycles. The van der Waals surface area contributed by atoms with Crippen LogP contribution in [-0.4, -0.2) is 12.2 Å². The quantitative estimate of drug-likeness (QED) is 0.849. The van der Waals surface area contributed by atoms with Crippen molar-refractivity contribution in [3.8, 4) is 0 Å². The zero-order chi connectivity index (χ0) is 13.3. The molecule has 0 fully saturated rings. The van der Waals surface area contributed by atoms with Crippen LogP contribution in [0.5, 0.6) is 0 Å². The van der Waals surface area contributed by atoms with E-state index in [4.69, 9.17) is 5.73 Å². The summed E-state index contributed by atoms with van der Waals surface area (Å²) in [5, 5.41) is 0. The molecule has 1 rings (SSSR count). The molecule has 0 aromatic heterocycles. The molecular weight excluding hydrogens is 227 g/mol. The van der Waals surface area contributed by atoms with E-state index in [1.165, 1.54) is 0 Å². The van der Waals surface area contributed by atoms with E-state index in [9.17, 15) is 13.2 Å². The number of nitrogens with two attached hydrogens (primary N) is 1. The summed E-state index contributed by atoms with van der Waals surface area (Å²) >= 11 is 0. The van der Waals surface area contributed by atoms with Crippen LogP contribution >= 0.6 is 0 Å². The minimum Gasteiger partial charge on any atom is -0.320 e. The molecule has 17 heavy (non-hydrogen) atoms. The fraction of sp³-hybridized carbons (Fsp3) is 0.538. The summed E-state index contributed by atoms with van der Waals surface area (Å²) in [6.45, 7) is 6.07. The fourth-order valence-electron chi connectivity index (χ4n) is 1.53. The van der Waals surface area contributed by atoms with E-state index in [2.05, 4.69) is 0 Å². The Hall–Kier alpha value is -1.03. The number of hydrogen-bond acceptors (Lipinski definition) is 1. The molecule has 0 aliphatic rings. The molecule has 1 atom stereocenters. The lowest BCUT2D eigenvalue weighted by Crippen LogP contribution is -2.39. The number of alkyl halides is 3. The maximum atomic E-state index is 12.3. The van der Waals surface area contributed by atoms with Gasteiger partial charge in [-0.05, 0) is 23.0 Å². The summed E-state index contributed by atoms with van der Waals surface area (Å²) in [7, 11) is 0. The van der Waals surface area contributed by atoms with Gasteiger partial charge in [-0.1, -0.05) is 45.0 Å². The van der Waals surface area contributed by atoms with Crippen molar-refractivity contribution in [2.45, 2.75) is 44.8 Å². The first-order valence-corrected chi connectivity index (χ1v) is 5.52. The van der Waals surface area contributed by atoms with Gasteiger partial charge < -0.3 is 5.73 Å². The maximum Gasteiger partial charge on any atom is 0.403 e. The fourth-order valence-corrected chi connectivity index (χ4v) is 1.53. The summed E-state index contributed by atoms with van der Waals surface area (Å²) in [5.74, 6) is 0. The maximum absolute atomic E-state index is 12.3. The van der Waals surface area contributed by atoms with Gasteiger partial charge in [0.2, 0.25) is 0 Å². The third-order valence-electron chi connectivity index (χ3n) is 2.67. The zero-order valence-corrected chi connectivity index (χ0v) is 10.3. The minimum atomic E-state index is -4.34. The van der Waals surface area contributed by atoms with Crippen molar-refractivity contribution in [3.05, 3.63) is 35.4 Å². The van der Waals surface area contributed by atoms with E-state index in [-0.39, 0.29) is 11.8 Å². The predicted molar refractivity (Wildman–Crippen MR) is 62.9 cm³/mol. The van der Waals surface area contributed by atoms with E-state index in [0.717, 1.165) is 5.56 Å². The van der Waals surface area contributed by atoms with Crippen LogP contribution in [0.4, 0.5) is 13.2 Å². The Kier molecular flexibility index (Phi) is 3.87. The summed E-state index contributed by atoms with van der Waals surface area (Å²) in [6, 6.07) is 5.38. The molecule has 0 aliphatic heterocycles. The second-order valence-corrected chi connectivity index (χ2v) is 5.30. The first kappa shape index (κ1) is 14.0. The Morgan fingerprint density at radius 2 is 1.76 bits per heavy atom. The van der Waals surface area contributed by atoms with Gasteiger partial charge in [-0.25, -0.2) is 0 Å². The first-order valence-electron chi connectivity index (χ1n) is 5.52. The topological polar surface area (TPSA) is 26.0 Å². The van der Waals surface area contributed by atoms with Gasteiger partial charge in [0.25, 0.3) is 0 Å². The van der Waals surface area contributed by atoms with Crippen molar-refractivity contribution in [3.63, 3.8) is 0 Å². The average molecular weight is 245 g/mol. The molecular formula is C13H18F3N. The highest BCUT2D eigenvalue weighted by Gasteiger charge is 2.36. The normalized spacial score (nSPS) is 14.8.